The molecule has 1 aromatic carbocycles. The third-order valence-corrected chi connectivity index (χ3v) is 8.70. The van der Waals surface area contributed by atoms with Crippen LogP contribution >= 0.6 is 0 Å². The van der Waals surface area contributed by atoms with Gasteiger partial charge in [0.25, 0.3) is 0 Å². The molecule has 0 amide bonds. The van der Waals surface area contributed by atoms with E-state index in [1.807, 2.05) is 6.07 Å². The molecule has 2 N–H and O–H groups in total. The minimum absolute atomic E-state index is 0.0152. The number of benzene rings is 1. The zero-order chi connectivity index (χ0) is 28.6. The van der Waals surface area contributed by atoms with E-state index in [0.717, 1.165) is 76.2 Å². The van der Waals surface area contributed by atoms with Gasteiger partial charge in [0.15, 0.2) is 0 Å². The van der Waals surface area contributed by atoms with Crippen LogP contribution in [0.4, 0.5) is 0 Å². The fourth-order valence-corrected chi connectivity index (χ4v) is 6.18. The summed E-state index contributed by atoms with van der Waals surface area (Å²) < 4.78 is 13.2. The van der Waals surface area contributed by atoms with Crippen LogP contribution in [0.25, 0.3) is 0 Å². The third kappa shape index (κ3) is 9.60. The minimum Gasteiger partial charge on any atom is -0.481 e. The highest BCUT2D eigenvalue weighted by Crippen LogP contribution is 2.42. The molecule has 0 spiro atoms. The number of carbonyl (C=O) groups is 2. The summed E-state index contributed by atoms with van der Waals surface area (Å²) in [6, 6.07) is 8.41. The van der Waals surface area contributed by atoms with Crippen molar-refractivity contribution in [3.63, 3.8) is 0 Å². The molecule has 0 saturated carbocycles. The number of carboxylic acid groups (broad SMARTS) is 2. The first kappa shape index (κ1) is 31.6. The maximum Gasteiger partial charge on any atom is 0.309 e. The highest BCUT2D eigenvalue weighted by Gasteiger charge is 2.36. The molecular formula is C33H52O6. The molecule has 3 rings (SSSR count). The topological polar surface area (TPSA) is 93.1 Å². The van der Waals surface area contributed by atoms with E-state index in [1.165, 1.54) is 5.56 Å². The second-order valence-corrected chi connectivity index (χ2v) is 13.7. The van der Waals surface area contributed by atoms with E-state index in [-0.39, 0.29) is 29.8 Å². The van der Waals surface area contributed by atoms with Crippen molar-refractivity contribution < 1.29 is 29.3 Å². The van der Waals surface area contributed by atoms with Gasteiger partial charge in [-0.1, -0.05) is 64.3 Å². The van der Waals surface area contributed by atoms with Crippen LogP contribution in [0.1, 0.15) is 141 Å². The molecule has 0 bridgehead atoms. The Morgan fingerprint density at radius 3 is 2.05 bits per heavy atom. The number of ether oxygens (including phenoxy) is 2. The van der Waals surface area contributed by atoms with Crippen LogP contribution in [0.5, 0.6) is 0 Å². The van der Waals surface area contributed by atoms with Crippen molar-refractivity contribution >= 4 is 11.9 Å². The van der Waals surface area contributed by atoms with Crippen LogP contribution in [0.15, 0.2) is 24.3 Å². The van der Waals surface area contributed by atoms with E-state index in [9.17, 15) is 19.8 Å². The predicted molar refractivity (Wildman–Crippen MR) is 154 cm³/mol. The average molecular weight is 545 g/mol. The zero-order valence-corrected chi connectivity index (χ0v) is 24.9. The summed E-state index contributed by atoms with van der Waals surface area (Å²) in [6.07, 6.45) is 11.7. The van der Waals surface area contributed by atoms with Crippen molar-refractivity contribution in [3.8, 4) is 0 Å². The van der Waals surface area contributed by atoms with Crippen LogP contribution in [0.2, 0.25) is 0 Å². The lowest BCUT2D eigenvalue weighted by atomic mass is 9.84. The second kappa shape index (κ2) is 14.1. The molecule has 5 atom stereocenters. The van der Waals surface area contributed by atoms with Crippen molar-refractivity contribution in [1.82, 2.24) is 0 Å². The number of aliphatic carboxylic acids is 2. The van der Waals surface area contributed by atoms with Gasteiger partial charge in [0, 0.05) is 0 Å². The molecule has 5 unspecified atom stereocenters. The predicted octanol–water partition coefficient (Wildman–Crippen LogP) is 8.50. The van der Waals surface area contributed by atoms with Gasteiger partial charge >= 0.3 is 11.9 Å². The Morgan fingerprint density at radius 2 is 1.46 bits per heavy atom. The summed E-state index contributed by atoms with van der Waals surface area (Å²) in [7, 11) is 0. The number of hydrogen-bond donors (Lipinski definition) is 2. The summed E-state index contributed by atoms with van der Waals surface area (Å²) in [5, 5.41) is 19.4. The van der Waals surface area contributed by atoms with Gasteiger partial charge in [-0.3, -0.25) is 9.59 Å². The largest absolute Gasteiger partial charge is 0.481 e. The Kier molecular flexibility index (Phi) is 11.4. The zero-order valence-electron chi connectivity index (χ0n) is 24.9. The van der Waals surface area contributed by atoms with Crippen LogP contribution in [-0.4, -0.2) is 34.4 Å². The van der Waals surface area contributed by atoms with Gasteiger partial charge in [0.05, 0.1) is 35.7 Å². The summed E-state index contributed by atoms with van der Waals surface area (Å²) in [5.74, 6) is -1.95. The molecule has 2 saturated heterocycles. The molecule has 0 radical (unpaired) electrons. The Labute approximate surface area is 235 Å². The first-order chi connectivity index (χ1) is 18.4. The van der Waals surface area contributed by atoms with Gasteiger partial charge < -0.3 is 19.7 Å². The maximum atomic E-state index is 12.2. The second-order valence-electron chi connectivity index (χ2n) is 13.7. The van der Waals surface area contributed by atoms with Gasteiger partial charge in [-0.05, 0) is 94.6 Å². The minimum atomic E-state index is -0.743. The molecule has 2 aliphatic heterocycles. The van der Waals surface area contributed by atoms with Gasteiger partial charge in [-0.2, -0.15) is 0 Å². The number of carboxylic acids is 2. The highest BCUT2D eigenvalue weighted by atomic mass is 16.5. The first-order valence-electron chi connectivity index (χ1n) is 15.2. The van der Waals surface area contributed by atoms with Crippen molar-refractivity contribution in [2.24, 2.45) is 16.7 Å². The smallest absolute Gasteiger partial charge is 0.309 e. The molecule has 2 heterocycles. The molecular weight excluding hydrogens is 492 g/mol. The van der Waals surface area contributed by atoms with Crippen molar-refractivity contribution in [2.45, 2.75) is 143 Å². The molecule has 220 valence electrons. The Bertz CT molecular complexity index is 932. The summed E-state index contributed by atoms with van der Waals surface area (Å²) >= 11 is 0. The maximum absolute atomic E-state index is 12.2. The molecule has 2 aliphatic rings. The lowest BCUT2D eigenvalue weighted by molar-refractivity contribution is -0.154. The molecule has 6 nitrogen and oxygen atoms in total. The quantitative estimate of drug-likeness (QED) is 0.242. The molecule has 0 aliphatic carbocycles. The fourth-order valence-electron chi connectivity index (χ4n) is 6.18. The van der Waals surface area contributed by atoms with Gasteiger partial charge in [0.1, 0.15) is 0 Å². The molecule has 2 fully saturated rings. The monoisotopic (exact) mass is 544 g/mol. The number of unbranched alkanes of at least 4 members (excludes halogenated alkanes) is 1. The van der Waals surface area contributed by atoms with Crippen molar-refractivity contribution in [2.75, 3.05) is 0 Å². The number of hydrogen-bond acceptors (Lipinski definition) is 4. The van der Waals surface area contributed by atoms with Gasteiger partial charge in [-0.15, -0.1) is 0 Å². The van der Waals surface area contributed by atoms with E-state index in [4.69, 9.17) is 9.47 Å². The standard InChI is InChI=1S/C33H52O6/c1-32(2,3)21-12-17-26(30(34)35)29-20-11-19-28(39-29)25-16-7-6-15-24(25)27-18-10-14-23(38-27)13-8-9-22-33(4,5)31(36)37/h6-7,15-16,23,26-29H,8-14,17-22H2,1-5H3,(H,34,35)(H,36,37). The average Bonchev–Trinajstić information content (AvgIpc) is 2.88. The lowest BCUT2D eigenvalue weighted by Crippen LogP contribution is -2.35. The van der Waals surface area contributed by atoms with E-state index in [0.29, 0.717) is 12.8 Å². The van der Waals surface area contributed by atoms with E-state index in [2.05, 4.69) is 39.0 Å². The Hall–Kier alpha value is -1.92. The van der Waals surface area contributed by atoms with E-state index < -0.39 is 23.3 Å². The SMILES string of the molecule is CC(C)(C)CCCC(C(=O)O)C1CCCC(c2ccccc2C2CCCC(CCCCC(C)(C)C(=O)O)O2)O1. The molecule has 0 aromatic heterocycles. The fraction of sp³-hybridized carbons (Fsp3) is 0.758. The summed E-state index contributed by atoms with van der Waals surface area (Å²) in [6.45, 7) is 10.2. The highest BCUT2D eigenvalue weighted by molar-refractivity contribution is 5.73. The van der Waals surface area contributed by atoms with Crippen molar-refractivity contribution in [3.05, 3.63) is 35.4 Å². The lowest BCUT2D eigenvalue weighted by Gasteiger charge is -2.37. The third-order valence-electron chi connectivity index (χ3n) is 8.70. The van der Waals surface area contributed by atoms with E-state index >= 15 is 0 Å². The normalized spacial score (nSPS) is 25.3. The van der Waals surface area contributed by atoms with Gasteiger partial charge in [0.2, 0.25) is 0 Å². The van der Waals surface area contributed by atoms with Crippen LogP contribution in [0.3, 0.4) is 0 Å². The molecule has 6 heteroatoms. The van der Waals surface area contributed by atoms with Crippen LogP contribution in [0, 0.1) is 16.7 Å². The molecule has 39 heavy (non-hydrogen) atoms. The van der Waals surface area contributed by atoms with Gasteiger partial charge in [-0.25, -0.2) is 0 Å². The van der Waals surface area contributed by atoms with Crippen molar-refractivity contribution in [1.29, 1.82) is 0 Å². The number of rotatable bonds is 13. The summed E-state index contributed by atoms with van der Waals surface area (Å²) in [5.41, 5.74) is 1.85. The summed E-state index contributed by atoms with van der Waals surface area (Å²) in [4.78, 5) is 23.6. The Balaban J connectivity index is 1.62. The Morgan fingerprint density at radius 1 is 0.846 bits per heavy atom. The first-order valence-corrected chi connectivity index (χ1v) is 15.2. The van der Waals surface area contributed by atoms with E-state index in [1.54, 1.807) is 13.8 Å². The molecule has 1 aromatic rings. The van der Waals surface area contributed by atoms with Crippen LogP contribution in [-0.2, 0) is 19.1 Å². The van der Waals surface area contributed by atoms with Crippen LogP contribution < -0.4 is 0 Å².